The predicted molar refractivity (Wildman–Crippen MR) is 74.7 cm³/mol. The maximum Gasteiger partial charge on any atom is 0.251 e. The van der Waals surface area contributed by atoms with Crippen molar-refractivity contribution in [3.63, 3.8) is 0 Å². The van der Waals surface area contributed by atoms with Gasteiger partial charge in [0.25, 0.3) is 5.91 Å². The van der Waals surface area contributed by atoms with Crippen molar-refractivity contribution in [2.75, 3.05) is 0 Å². The molecular formula is C16H14N2O2. The van der Waals surface area contributed by atoms with Crippen LogP contribution in [0.3, 0.4) is 0 Å². The highest BCUT2D eigenvalue weighted by molar-refractivity contribution is 5.94. The van der Waals surface area contributed by atoms with E-state index in [0.717, 1.165) is 11.1 Å². The second-order valence-corrected chi connectivity index (χ2v) is 4.35. The van der Waals surface area contributed by atoms with Crippen LogP contribution in [0.25, 0.3) is 0 Å². The lowest BCUT2D eigenvalue weighted by molar-refractivity contribution is 0.0951. The number of amides is 1. The summed E-state index contributed by atoms with van der Waals surface area (Å²) >= 11 is 0. The average molecular weight is 266 g/mol. The molecule has 0 bridgehead atoms. The number of aliphatic hydroxyl groups excluding tert-OH is 1. The Balaban J connectivity index is 1.99. The highest BCUT2D eigenvalue weighted by atomic mass is 16.3. The van der Waals surface area contributed by atoms with Crippen LogP contribution >= 0.6 is 0 Å². The Hall–Kier alpha value is -2.64. The smallest absolute Gasteiger partial charge is 0.251 e. The molecule has 0 aliphatic heterocycles. The van der Waals surface area contributed by atoms with E-state index >= 15 is 0 Å². The van der Waals surface area contributed by atoms with Crippen LogP contribution in [0.5, 0.6) is 0 Å². The molecule has 2 rings (SSSR count). The highest BCUT2D eigenvalue weighted by Gasteiger charge is 2.05. The summed E-state index contributed by atoms with van der Waals surface area (Å²) in [6, 6.07) is 15.9. The minimum atomic E-state index is -0.215. The first-order valence-corrected chi connectivity index (χ1v) is 6.20. The van der Waals surface area contributed by atoms with Crippen molar-refractivity contribution in [3.8, 4) is 6.07 Å². The largest absolute Gasteiger partial charge is 0.392 e. The van der Waals surface area contributed by atoms with E-state index in [4.69, 9.17) is 10.4 Å². The van der Waals surface area contributed by atoms with Gasteiger partial charge in [-0.2, -0.15) is 5.26 Å². The summed E-state index contributed by atoms with van der Waals surface area (Å²) in [5, 5.41) is 20.5. The molecule has 0 atom stereocenters. The number of hydrogen-bond donors (Lipinski definition) is 2. The van der Waals surface area contributed by atoms with Gasteiger partial charge in [-0.25, -0.2) is 0 Å². The number of nitriles is 1. The summed E-state index contributed by atoms with van der Waals surface area (Å²) in [6.07, 6.45) is 0. The van der Waals surface area contributed by atoms with Gasteiger partial charge in [0.15, 0.2) is 0 Å². The molecule has 0 unspecified atom stereocenters. The third-order valence-electron chi connectivity index (χ3n) is 2.91. The van der Waals surface area contributed by atoms with E-state index in [-0.39, 0.29) is 12.5 Å². The first-order chi connectivity index (χ1) is 9.72. The van der Waals surface area contributed by atoms with Crippen molar-refractivity contribution < 1.29 is 9.90 Å². The molecule has 1 amide bonds. The average Bonchev–Trinajstić information content (AvgIpc) is 2.53. The van der Waals surface area contributed by atoms with E-state index < -0.39 is 0 Å². The van der Waals surface area contributed by atoms with Crippen LogP contribution in [0, 0.1) is 11.3 Å². The molecule has 0 aliphatic carbocycles. The zero-order valence-electron chi connectivity index (χ0n) is 10.8. The van der Waals surface area contributed by atoms with Crippen molar-refractivity contribution >= 4 is 5.91 Å². The minimum absolute atomic E-state index is 0.00753. The Bertz CT molecular complexity index is 642. The molecule has 0 fully saturated rings. The van der Waals surface area contributed by atoms with Crippen LogP contribution in [-0.4, -0.2) is 11.0 Å². The summed E-state index contributed by atoms with van der Waals surface area (Å²) in [5.41, 5.74) is 2.72. The van der Waals surface area contributed by atoms with Gasteiger partial charge in [0.05, 0.1) is 18.2 Å². The number of nitrogens with zero attached hydrogens (tertiary/aromatic N) is 1. The van der Waals surface area contributed by atoms with Gasteiger partial charge >= 0.3 is 0 Å². The maximum atomic E-state index is 11.9. The molecule has 2 N–H and O–H groups in total. The molecule has 4 nitrogen and oxygen atoms in total. The molecule has 20 heavy (non-hydrogen) atoms. The summed E-state index contributed by atoms with van der Waals surface area (Å²) in [5.74, 6) is -0.215. The van der Waals surface area contributed by atoms with Gasteiger partial charge in [0.2, 0.25) is 0 Å². The number of rotatable bonds is 4. The normalized spacial score (nSPS) is 9.80. The summed E-state index contributed by atoms with van der Waals surface area (Å²) in [7, 11) is 0. The van der Waals surface area contributed by atoms with Crippen LogP contribution < -0.4 is 5.32 Å². The molecular weight excluding hydrogens is 252 g/mol. The Morgan fingerprint density at radius 2 is 1.85 bits per heavy atom. The lowest BCUT2D eigenvalue weighted by atomic mass is 10.1. The quantitative estimate of drug-likeness (QED) is 0.888. The minimum Gasteiger partial charge on any atom is -0.392 e. The van der Waals surface area contributed by atoms with Crippen LogP contribution in [0.2, 0.25) is 0 Å². The highest BCUT2D eigenvalue weighted by Crippen LogP contribution is 2.06. The van der Waals surface area contributed by atoms with Crippen molar-refractivity contribution in [2.45, 2.75) is 13.2 Å². The molecule has 0 aromatic heterocycles. The molecule has 0 radical (unpaired) electrons. The number of benzene rings is 2. The SMILES string of the molecule is N#Cc1cccc(C(=O)NCc2ccc(CO)cc2)c1. The van der Waals surface area contributed by atoms with E-state index in [1.165, 1.54) is 0 Å². The van der Waals surface area contributed by atoms with Crippen LogP contribution in [0.15, 0.2) is 48.5 Å². The topological polar surface area (TPSA) is 73.1 Å². The summed E-state index contributed by atoms with van der Waals surface area (Å²) < 4.78 is 0. The van der Waals surface area contributed by atoms with Gasteiger partial charge in [-0.3, -0.25) is 4.79 Å². The Kier molecular flexibility index (Phi) is 4.48. The van der Waals surface area contributed by atoms with Crippen molar-refractivity contribution in [1.29, 1.82) is 5.26 Å². The zero-order chi connectivity index (χ0) is 14.4. The molecule has 0 saturated heterocycles. The molecule has 0 heterocycles. The van der Waals surface area contributed by atoms with E-state index in [1.807, 2.05) is 30.3 Å². The molecule has 0 aliphatic rings. The number of aliphatic hydroxyl groups is 1. The molecule has 0 saturated carbocycles. The Morgan fingerprint density at radius 1 is 1.15 bits per heavy atom. The monoisotopic (exact) mass is 266 g/mol. The third-order valence-corrected chi connectivity index (χ3v) is 2.91. The summed E-state index contributed by atoms with van der Waals surface area (Å²) in [6.45, 7) is 0.412. The lowest BCUT2D eigenvalue weighted by Crippen LogP contribution is -2.22. The number of carbonyl (C=O) groups is 1. The Labute approximate surface area is 117 Å². The Morgan fingerprint density at radius 3 is 2.50 bits per heavy atom. The second-order valence-electron chi connectivity index (χ2n) is 4.35. The number of carbonyl (C=O) groups excluding carboxylic acids is 1. The number of nitrogens with one attached hydrogen (secondary N) is 1. The van der Waals surface area contributed by atoms with E-state index in [0.29, 0.717) is 17.7 Å². The maximum absolute atomic E-state index is 11.9. The van der Waals surface area contributed by atoms with Gasteiger partial charge in [-0.1, -0.05) is 30.3 Å². The van der Waals surface area contributed by atoms with Gasteiger partial charge in [0, 0.05) is 12.1 Å². The first-order valence-electron chi connectivity index (χ1n) is 6.20. The van der Waals surface area contributed by atoms with Gasteiger partial charge in [-0.15, -0.1) is 0 Å². The third kappa shape index (κ3) is 3.44. The van der Waals surface area contributed by atoms with E-state index in [9.17, 15) is 4.79 Å². The van der Waals surface area contributed by atoms with Crippen LogP contribution in [-0.2, 0) is 13.2 Å². The standard InChI is InChI=1S/C16H14N2O2/c17-9-14-2-1-3-15(8-14)16(20)18-10-12-4-6-13(11-19)7-5-12/h1-8,19H,10-11H2,(H,18,20). The predicted octanol–water partition coefficient (Wildman–Crippen LogP) is 1.98. The van der Waals surface area contributed by atoms with Crippen molar-refractivity contribution in [1.82, 2.24) is 5.32 Å². The van der Waals surface area contributed by atoms with Crippen LogP contribution in [0.1, 0.15) is 27.0 Å². The molecule has 4 heteroatoms. The number of hydrogen-bond acceptors (Lipinski definition) is 3. The van der Waals surface area contributed by atoms with Crippen molar-refractivity contribution in [2.24, 2.45) is 0 Å². The fourth-order valence-electron chi connectivity index (χ4n) is 1.78. The van der Waals surface area contributed by atoms with E-state index in [1.54, 1.807) is 24.3 Å². The molecule has 100 valence electrons. The van der Waals surface area contributed by atoms with E-state index in [2.05, 4.69) is 5.32 Å². The van der Waals surface area contributed by atoms with Crippen LogP contribution in [0.4, 0.5) is 0 Å². The molecule has 2 aromatic carbocycles. The molecule has 0 spiro atoms. The molecule has 2 aromatic rings. The van der Waals surface area contributed by atoms with Gasteiger partial charge < -0.3 is 10.4 Å². The lowest BCUT2D eigenvalue weighted by Gasteiger charge is -2.06. The fraction of sp³-hybridized carbons (Fsp3) is 0.125. The fourth-order valence-corrected chi connectivity index (χ4v) is 1.78. The zero-order valence-corrected chi connectivity index (χ0v) is 10.8. The first kappa shape index (κ1) is 13.8. The van der Waals surface area contributed by atoms with Crippen molar-refractivity contribution in [3.05, 3.63) is 70.8 Å². The second kappa shape index (κ2) is 6.50. The van der Waals surface area contributed by atoms with Gasteiger partial charge in [-0.05, 0) is 29.3 Å². The summed E-state index contributed by atoms with van der Waals surface area (Å²) in [4.78, 5) is 11.9. The van der Waals surface area contributed by atoms with Gasteiger partial charge in [0.1, 0.15) is 0 Å².